The monoisotopic (exact) mass is 299 g/mol. The number of hydrogen-bond acceptors (Lipinski definition) is 3. The van der Waals surface area contributed by atoms with Crippen LogP contribution < -0.4 is 0 Å². The van der Waals surface area contributed by atoms with E-state index in [1.807, 2.05) is 31.4 Å². The number of fused-ring (bicyclic) bond motifs is 1. The molecule has 21 heavy (non-hydrogen) atoms. The second-order valence-corrected chi connectivity index (χ2v) is 5.20. The topological polar surface area (TPSA) is 59.4 Å². The summed E-state index contributed by atoms with van der Waals surface area (Å²) in [6, 6.07) is 9.80. The number of nitrogens with zero attached hydrogens (tertiary/aromatic N) is 5. The fraction of sp³-hybridized carbons (Fsp3) is 0.267. The fourth-order valence-electron chi connectivity index (χ4n) is 2.45. The van der Waals surface area contributed by atoms with Crippen molar-refractivity contribution in [1.29, 1.82) is 5.26 Å². The van der Waals surface area contributed by atoms with Crippen LogP contribution in [-0.4, -0.2) is 25.2 Å². The summed E-state index contributed by atoms with van der Waals surface area (Å²) in [6.45, 7) is 0.623. The third-order valence-electron chi connectivity index (χ3n) is 3.39. The average Bonchev–Trinajstić information content (AvgIpc) is 3.04. The summed E-state index contributed by atoms with van der Waals surface area (Å²) in [4.78, 5) is 4.60. The lowest BCUT2D eigenvalue weighted by molar-refractivity contribution is 0.694. The van der Waals surface area contributed by atoms with E-state index >= 15 is 0 Å². The van der Waals surface area contributed by atoms with Crippen LogP contribution in [0.25, 0.3) is 11.0 Å². The molecule has 0 radical (unpaired) electrons. The zero-order valence-corrected chi connectivity index (χ0v) is 12.4. The highest BCUT2D eigenvalue weighted by atomic mass is 35.5. The van der Waals surface area contributed by atoms with Gasteiger partial charge in [0.2, 0.25) is 0 Å². The number of imidazole rings is 1. The lowest BCUT2D eigenvalue weighted by atomic mass is 10.2. The Kier molecular flexibility index (Phi) is 3.63. The van der Waals surface area contributed by atoms with Crippen molar-refractivity contribution in [3.8, 4) is 6.07 Å². The number of benzene rings is 1. The Labute approximate surface area is 127 Å². The van der Waals surface area contributed by atoms with Gasteiger partial charge in [-0.25, -0.2) is 4.98 Å². The van der Waals surface area contributed by atoms with E-state index in [2.05, 4.69) is 20.7 Å². The van der Waals surface area contributed by atoms with Crippen molar-refractivity contribution >= 4 is 22.6 Å². The normalized spacial score (nSPS) is 10.9. The van der Waals surface area contributed by atoms with Crippen LogP contribution in [0.5, 0.6) is 0 Å². The molecule has 0 saturated heterocycles. The van der Waals surface area contributed by atoms with Gasteiger partial charge in [0, 0.05) is 25.5 Å². The Balaban J connectivity index is 2.14. The molecule has 0 aliphatic rings. The van der Waals surface area contributed by atoms with Crippen LogP contribution >= 0.6 is 11.6 Å². The predicted molar refractivity (Wildman–Crippen MR) is 81.2 cm³/mol. The Bertz CT molecular complexity index is 824. The van der Waals surface area contributed by atoms with Gasteiger partial charge < -0.3 is 4.57 Å². The Morgan fingerprint density at radius 1 is 1.33 bits per heavy atom. The van der Waals surface area contributed by atoms with E-state index in [0.717, 1.165) is 22.6 Å². The molecule has 0 amide bonds. The standard InChI is InChI=1S/C15H14ClN5/c1-20-8-6-12(19-20)10-21-13-4-2-3-11(9-17)15(13)18-14(21)5-7-16/h2-4,6,8H,5,7,10H2,1H3. The van der Waals surface area contributed by atoms with Crippen molar-refractivity contribution in [2.45, 2.75) is 13.0 Å². The van der Waals surface area contributed by atoms with Gasteiger partial charge >= 0.3 is 0 Å². The molecule has 0 N–H and O–H groups in total. The first-order chi connectivity index (χ1) is 10.2. The minimum atomic E-state index is 0.493. The molecule has 0 bridgehead atoms. The second kappa shape index (κ2) is 5.58. The number of nitriles is 1. The Hall–Kier alpha value is -2.32. The van der Waals surface area contributed by atoms with Crippen LogP contribution in [0.15, 0.2) is 30.5 Å². The first-order valence-electron chi connectivity index (χ1n) is 6.65. The van der Waals surface area contributed by atoms with Gasteiger partial charge in [-0.15, -0.1) is 11.6 Å². The maximum Gasteiger partial charge on any atom is 0.111 e. The average molecular weight is 300 g/mol. The summed E-state index contributed by atoms with van der Waals surface area (Å²) in [6.07, 6.45) is 2.57. The zero-order valence-electron chi connectivity index (χ0n) is 11.6. The number of rotatable bonds is 4. The summed E-state index contributed by atoms with van der Waals surface area (Å²) >= 11 is 5.88. The molecule has 0 unspecified atom stereocenters. The lowest BCUT2D eigenvalue weighted by Crippen LogP contribution is -2.07. The molecule has 3 rings (SSSR count). The molecule has 0 saturated carbocycles. The second-order valence-electron chi connectivity index (χ2n) is 4.82. The van der Waals surface area contributed by atoms with E-state index in [9.17, 15) is 5.26 Å². The highest BCUT2D eigenvalue weighted by Gasteiger charge is 2.14. The van der Waals surface area contributed by atoms with E-state index in [-0.39, 0.29) is 0 Å². The van der Waals surface area contributed by atoms with Crippen LogP contribution in [0, 0.1) is 11.3 Å². The van der Waals surface area contributed by atoms with Gasteiger partial charge in [-0.1, -0.05) is 6.07 Å². The Morgan fingerprint density at radius 3 is 2.86 bits per heavy atom. The van der Waals surface area contributed by atoms with Gasteiger partial charge in [0.1, 0.15) is 17.4 Å². The zero-order chi connectivity index (χ0) is 14.8. The largest absolute Gasteiger partial charge is 0.322 e. The minimum absolute atomic E-state index is 0.493. The molecule has 6 heteroatoms. The molecule has 0 fully saturated rings. The number of hydrogen-bond donors (Lipinski definition) is 0. The van der Waals surface area contributed by atoms with Crippen molar-refractivity contribution in [2.24, 2.45) is 7.05 Å². The van der Waals surface area contributed by atoms with Crippen molar-refractivity contribution < 1.29 is 0 Å². The quantitative estimate of drug-likeness (QED) is 0.695. The van der Waals surface area contributed by atoms with Gasteiger partial charge in [-0.2, -0.15) is 10.4 Å². The van der Waals surface area contributed by atoms with Gasteiger partial charge in [0.05, 0.1) is 23.3 Å². The van der Waals surface area contributed by atoms with Crippen molar-refractivity contribution in [2.75, 3.05) is 5.88 Å². The molecular weight excluding hydrogens is 286 g/mol. The summed E-state index contributed by atoms with van der Waals surface area (Å²) < 4.78 is 3.86. The molecule has 2 heterocycles. The SMILES string of the molecule is Cn1ccc(Cn2c(CCCl)nc3c(C#N)cccc32)n1. The van der Waals surface area contributed by atoms with Gasteiger partial charge in [-0.05, 0) is 18.2 Å². The first kappa shape index (κ1) is 13.7. The highest BCUT2D eigenvalue weighted by Crippen LogP contribution is 2.21. The molecule has 0 aliphatic carbocycles. The minimum Gasteiger partial charge on any atom is -0.322 e. The first-order valence-corrected chi connectivity index (χ1v) is 7.19. The molecular formula is C15H14ClN5. The van der Waals surface area contributed by atoms with Gasteiger partial charge in [-0.3, -0.25) is 4.68 Å². The van der Waals surface area contributed by atoms with E-state index in [0.29, 0.717) is 24.4 Å². The summed E-state index contributed by atoms with van der Waals surface area (Å²) in [7, 11) is 1.89. The third-order valence-corrected chi connectivity index (χ3v) is 3.57. The molecule has 0 spiro atoms. The maximum absolute atomic E-state index is 9.22. The van der Waals surface area contributed by atoms with E-state index in [4.69, 9.17) is 11.6 Å². The number of para-hydroxylation sites is 1. The molecule has 0 aliphatic heterocycles. The van der Waals surface area contributed by atoms with Crippen molar-refractivity contribution in [3.63, 3.8) is 0 Å². The molecule has 0 atom stereocenters. The van der Waals surface area contributed by atoms with Crippen LogP contribution in [0.1, 0.15) is 17.1 Å². The summed E-state index contributed by atoms with van der Waals surface area (Å²) in [5, 5.41) is 13.6. The highest BCUT2D eigenvalue weighted by molar-refractivity contribution is 6.17. The molecule has 3 aromatic rings. The summed E-state index contributed by atoms with van der Waals surface area (Å²) in [5.41, 5.74) is 3.22. The van der Waals surface area contributed by atoms with Gasteiger partial charge in [0.25, 0.3) is 0 Å². The molecule has 2 aromatic heterocycles. The number of alkyl halides is 1. The van der Waals surface area contributed by atoms with E-state index < -0.39 is 0 Å². The predicted octanol–water partition coefficient (Wildman–Crippen LogP) is 2.47. The van der Waals surface area contributed by atoms with Crippen LogP contribution in [0.4, 0.5) is 0 Å². The fourth-order valence-corrected chi connectivity index (χ4v) is 2.62. The number of halogens is 1. The molecule has 1 aromatic carbocycles. The van der Waals surface area contributed by atoms with E-state index in [1.165, 1.54) is 0 Å². The number of aryl methyl sites for hydroxylation is 2. The van der Waals surface area contributed by atoms with Crippen LogP contribution in [-0.2, 0) is 20.0 Å². The Morgan fingerprint density at radius 2 is 2.19 bits per heavy atom. The van der Waals surface area contributed by atoms with Crippen molar-refractivity contribution in [1.82, 2.24) is 19.3 Å². The van der Waals surface area contributed by atoms with Crippen LogP contribution in [0.3, 0.4) is 0 Å². The van der Waals surface area contributed by atoms with Gasteiger partial charge in [0.15, 0.2) is 0 Å². The van der Waals surface area contributed by atoms with Crippen LogP contribution in [0.2, 0.25) is 0 Å². The molecule has 106 valence electrons. The third kappa shape index (κ3) is 2.50. The maximum atomic E-state index is 9.22. The van der Waals surface area contributed by atoms with E-state index in [1.54, 1.807) is 10.7 Å². The summed E-state index contributed by atoms with van der Waals surface area (Å²) in [5.74, 6) is 1.38. The lowest BCUT2D eigenvalue weighted by Gasteiger charge is -2.06. The number of aromatic nitrogens is 4. The smallest absolute Gasteiger partial charge is 0.111 e. The van der Waals surface area contributed by atoms with Crippen molar-refractivity contribution in [3.05, 3.63) is 47.5 Å². The molecule has 5 nitrogen and oxygen atoms in total.